The summed E-state index contributed by atoms with van der Waals surface area (Å²) in [4.78, 5) is 31.7. The zero-order valence-electron chi connectivity index (χ0n) is 20.5. The van der Waals surface area contributed by atoms with Gasteiger partial charge in [-0.2, -0.15) is 5.10 Å². The minimum atomic E-state index is -0.142. The second-order valence-corrected chi connectivity index (χ2v) is 10.3. The maximum absolute atomic E-state index is 13.0. The lowest BCUT2D eigenvalue weighted by Gasteiger charge is -2.57. The van der Waals surface area contributed by atoms with Gasteiger partial charge in [0.05, 0.1) is 23.9 Å². The van der Waals surface area contributed by atoms with E-state index in [0.717, 1.165) is 54.6 Å². The fourth-order valence-corrected chi connectivity index (χ4v) is 6.04. The van der Waals surface area contributed by atoms with Crippen molar-refractivity contribution >= 4 is 28.0 Å². The number of aromatic nitrogens is 4. The molecule has 9 nitrogen and oxygen atoms in total. The number of amides is 1. The molecule has 0 radical (unpaired) electrons. The van der Waals surface area contributed by atoms with Crippen LogP contribution in [0.15, 0.2) is 53.6 Å². The monoisotopic (exact) mass is 486 g/mol. The number of ether oxygens (including phenoxy) is 1. The van der Waals surface area contributed by atoms with Gasteiger partial charge in [-0.1, -0.05) is 18.2 Å². The Bertz CT molecular complexity index is 1490. The molecular formula is C27H30N6O3. The molecule has 186 valence electrons. The predicted molar refractivity (Wildman–Crippen MR) is 138 cm³/mol. The van der Waals surface area contributed by atoms with Crippen LogP contribution in [0.3, 0.4) is 0 Å². The van der Waals surface area contributed by atoms with E-state index in [1.54, 1.807) is 13.3 Å². The predicted octanol–water partition coefficient (Wildman–Crippen LogP) is 3.11. The van der Waals surface area contributed by atoms with Crippen molar-refractivity contribution in [2.45, 2.75) is 37.6 Å². The molecule has 0 bridgehead atoms. The van der Waals surface area contributed by atoms with Crippen molar-refractivity contribution in [2.75, 3.05) is 32.2 Å². The Morgan fingerprint density at radius 3 is 2.78 bits per heavy atom. The van der Waals surface area contributed by atoms with Gasteiger partial charge in [-0.25, -0.2) is 10.1 Å². The maximum atomic E-state index is 13.0. The Labute approximate surface area is 208 Å². The van der Waals surface area contributed by atoms with Crippen LogP contribution in [0.1, 0.15) is 47.8 Å². The lowest BCUT2D eigenvalue weighted by atomic mass is 9.49. The summed E-state index contributed by atoms with van der Waals surface area (Å²) < 4.78 is 6.99. The summed E-state index contributed by atoms with van der Waals surface area (Å²) in [5, 5.41) is 11.9. The lowest BCUT2D eigenvalue weighted by molar-refractivity contribution is -0.0197. The highest BCUT2D eigenvalue weighted by Crippen LogP contribution is 2.62. The van der Waals surface area contributed by atoms with E-state index in [1.165, 1.54) is 0 Å². The molecule has 9 heteroatoms. The van der Waals surface area contributed by atoms with Crippen LogP contribution in [0.4, 0.5) is 5.69 Å². The van der Waals surface area contributed by atoms with Gasteiger partial charge in [-0.05, 0) is 43.2 Å². The normalized spacial score (nSPS) is 22.9. The average molecular weight is 487 g/mol. The molecule has 6 rings (SSSR count). The maximum Gasteiger partial charge on any atom is 0.272 e. The van der Waals surface area contributed by atoms with Gasteiger partial charge in [0.25, 0.3) is 11.5 Å². The number of hydrogen-bond donors (Lipinski definition) is 2. The van der Waals surface area contributed by atoms with Crippen LogP contribution in [0.5, 0.6) is 0 Å². The first-order chi connectivity index (χ1) is 17.5. The average Bonchev–Trinajstić information content (AvgIpc) is 3.27. The minimum absolute atomic E-state index is 0.0907. The van der Waals surface area contributed by atoms with Crippen LogP contribution in [0.2, 0.25) is 0 Å². The first-order valence-corrected chi connectivity index (χ1v) is 12.4. The van der Waals surface area contributed by atoms with Gasteiger partial charge < -0.3 is 15.0 Å². The summed E-state index contributed by atoms with van der Waals surface area (Å²) in [6.07, 6.45) is 7.57. The van der Waals surface area contributed by atoms with Crippen molar-refractivity contribution in [1.82, 2.24) is 24.9 Å². The third kappa shape index (κ3) is 3.83. The number of pyridine rings is 1. The highest BCUT2D eigenvalue weighted by Gasteiger charge is 2.54. The number of methoxy groups -OCH3 is 1. The summed E-state index contributed by atoms with van der Waals surface area (Å²) in [5.74, 6) is 0.255. The Balaban J connectivity index is 1.07. The van der Waals surface area contributed by atoms with Gasteiger partial charge in [0.1, 0.15) is 11.3 Å². The highest BCUT2D eigenvalue weighted by molar-refractivity contribution is 5.93. The number of H-pyrrole nitrogens is 1. The number of benzene rings is 1. The number of nitrogens with one attached hydrogen (secondary N) is 2. The molecule has 2 aliphatic rings. The van der Waals surface area contributed by atoms with Crippen molar-refractivity contribution in [2.24, 2.45) is 5.41 Å². The van der Waals surface area contributed by atoms with Crippen molar-refractivity contribution in [3.63, 3.8) is 0 Å². The van der Waals surface area contributed by atoms with Crippen LogP contribution < -0.4 is 15.8 Å². The van der Waals surface area contributed by atoms with Gasteiger partial charge in [-0.3, -0.25) is 14.0 Å². The highest BCUT2D eigenvalue weighted by atomic mass is 16.5. The topological polar surface area (TPSA) is 105 Å². The number of aromatic amines is 1. The molecule has 2 N–H and O–H groups in total. The van der Waals surface area contributed by atoms with Gasteiger partial charge in [0.2, 0.25) is 0 Å². The molecule has 0 aliphatic heterocycles. The van der Waals surface area contributed by atoms with E-state index < -0.39 is 0 Å². The molecule has 2 saturated carbocycles. The van der Waals surface area contributed by atoms with E-state index in [-0.39, 0.29) is 22.9 Å². The molecule has 1 amide bonds. The molecule has 0 saturated heterocycles. The Morgan fingerprint density at radius 1 is 1.22 bits per heavy atom. The van der Waals surface area contributed by atoms with Gasteiger partial charge in [-0.15, -0.1) is 0 Å². The fourth-order valence-electron chi connectivity index (χ4n) is 6.04. The second-order valence-electron chi connectivity index (χ2n) is 10.3. The number of carbonyl (C=O) groups is 1. The Morgan fingerprint density at radius 2 is 2.00 bits per heavy atom. The number of rotatable bonds is 7. The van der Waals surface area contributed by atoms with Gasteiger partial charge >= 0.3 is 0 Å². The summed E-state index contributed by atoms with van der Waals surface area (Å²) in [6, 6.07) is 11.8. The Hall–Kier alpha value is -3.72. The van der Waals surface area contributed by atoms with E-state index >= 15 is 0 Å². The van der Waals surface area contributed by atoms with Crippen LogP contribution >= 0.6 is 0 Å². The molecule has 3 aromatic heterocycles. The third-order valence-electron chi connectivity index (χ3n) is 7.97. The van der Waals surface area contributed by atoms with Crippen LogP contribution in [0, 0.1) is 5.41 Å². The molecular weight excluding hydrogens is 456 g/mol. The molecule has 36 heavy (non-hydrogen) atoms. The standard InChI is InChI=1S/C27H30N6O3/c1-32(9-10-36-2)19-7-8-33-22(16-28-23(33)11-19)26(35)29-18-14-27(15-18)12-17(13-27)24-20-5-3-4-6-21(20)25(34)31-30-24/h3-8,11,16-18H,9-10,12-15H2,1-2H3,(H,29,35)(H,31,34). The molecule has 0 atom stereocenters. The van der Waals surface area contributed by atoms with Crippen LogP contribution in [-0.4, -0.2) is 58.8 Å². The second kappa shape index (κ2) is 8.74. The number of hydrogen-bond acceptors (Lipinski definition) is 6. The number of imidazole rings is 1. The number of anilines is 1. The summed E-state index contributed by atoms with van der Waals surface area (Å²) >= 11 is 0. The quantitative estimate of drug-likeness (QED) is 0.416. The van der Waals surface area contributed by atoms with E-state index in [0.29, 0.717) is 23.6 Å². The summed E-state index contributed by atoms with van der Waals surface area (Å²) in [6.45, 7) is 1.42. The van der Waals surface area contributed by atoms with E-state index in [2.05, 4.69) is 25.4 Å². The van der Waals surface area contributed by atoms with Crippen molar-refractivity contribution in [3.8, 4) is 0 Å². The van der Waals surface area contributed by atoms with E-state index in [9.17, 15) is 9.59 Å². The molecule has 1 aromatic carbocycles. The molecule has 1 spiro atoms. The minimum Gasteiger partial charge on any atom is -0.383 e. The van der Waals surface area contributed by atoms with Crippen LogP contribution in [0.25, 0.3) is 16.4 Å². The molecule has 4 aromatic rings. The third-order valence-corrected chi connectivity index (χ3v) is 7.97. The molecule has 3 heterocycles. The first-order valence-electron chi connectivity index (χ1n) is 12.4. The first kappa shape index (κ1) is 22.7. The van der Waals surface area contributed by atoms with Gasteiger partial charge in [0.15, 0.2) is 0 Å². The van der Waals surface area contributed by atoms with Gasteiger partial charge in [0, 0.05) is 56.0 Å². The summed E-state index contributed by atoms with van der Waals surface area (Å²) in [7, 11) is 3.70. The zero-order valence-corrected chi connectivity index (χ0v) is 20.5. The number of likely N-dealkylation sites (N-methyl/N-ethyl adjacent to an activating group) is 1. The SMILES string of the molecule is COCCN(C)c1ccn2c(C(=O)NC3CC4(C3)CC(c3n[nH]c(=O)c5ccccc35)C4)cnc2c1. The number of nitrogens with zero attached hydrogens (tertiary/aromatic N) is 4. The Kier molecular flexibility index (Phi) is 5.52. The van der Waals surface area contributed by atoms with Crippen LogP contribution in [-0.2, 0) is 4.74 Å². The van der Waals surface area contributed by atoms with Crippen molar-refractivity contribution < 1.29 is 9.53 Å². The zero-order chi connectivity index (χ0) is 24.9. The number of fused-ring (bicyclic) bond motifs is 2. The molecule has 0 unspecified atom stereocenters. The van der Waals surface area contributed by atoms with Crippen molar-refractivity contribution in [3.05, 3.63) is 70.5 Å². The molecule has 2 fully saturated rings. The number of carbonyl (C=O) groups excluding carboxylic acids is 1. The summed E-state index contributed by atoms with van der Waals surface area (Å²) in [5.41, 5.74) is 3.44. The molecule has 2 aliphatic carbocycles. The van der Waals surface area contributed by atoms with E-state index in [1.807, 2.05) is 54.0 Å². The fraction of sp³-hybridized carbons (Fsp3) is 0.407. The lowest BCUT2D eigenvalue weighted by Crippen LogP contribution is -2.55. The largest absolute Gasteiger partial charge is 0.383 e. The van der Waals surface area contributed by atoms with Crippen molar-refractivity contribution in [1.29, 1.82) is 0 Å². The van der Waals surface area contributed by atoms with E-state index in [4.69, 9.17) is 4.74 Å². The smallest absolute Gasteiger partial charge is 0.272 e.